The lowest BCUT2D eigenvalue weighted by atomic mass is 10.1. The fourth-order valence-electron chi connectivity index (χ4n) is 1.89. The fraction of sp³-hybridized carbons (Fsp3) is 0.133. The van der Waals surface area contributed by atoms with E-state index >= 15 is 0 Å². The van der Waals surface area contributed by atoms with Gasteiger partial charge in [0, 0.05) is 16.8 Å². The molecule has 0 aromatic heterocycles. The zero-order valence-electron chi connectivity index (χ0n) is 10.0. The summed E-state index contributed by atoms with van der Waals surface area (Å²) >= 11 is 0. The van der Waals surface area contributed by atoms with Crippen molar-refractivity contribution in [2.24, 2.45) is 0 Å². The Bertz CT molecular complexity index is 579. The van der Waals surface area contributed by atoms with E-state index < -0.39 is 0 Å². The third-order valence-electron chi connectivity index (χ3n) is 2.54. The van der Waals surface area contributed by atoms with Crippen LogP contribution in [0.4, 0.5) is 5.69 Å². The molecule has 2 aromatic carbocycles. The number of allylic oxidation sites excluding steroid dienone is 2. The number of fused-ring (bicyclic) bond motifs is 1. The third kappa shape index (κ3) is 2.72. The van der Waals surface area contributed by atoms with E-state index in [0.717, 1.165) is 16.8 Å². The van der Waals surface area contributed by atoms with E-state index in [2.05, 4.69) is 23.5 Å². The molecule has 0 radical (unpaired) electrons. The highest BCUT2D eigenvalue weighted by atomic mass is 16.1. The van der Waals surface area contributed by atoms with Crippen LogP contribution in [0.5, 0.6) is 0 Å². The van der Waals surface area contributed by atoms with E-state index in [1.54, 1.807) is 13.0 Å². The van der Waals surface area contributed by atoms with Gasteiger partial charge in [-0.1, -0.05) is 36.4 Å². The molecular weight excluding hydrogens is 210 g/mol. The van der Waals surface area contributed by atoms with Crippen LogP contribution in [0.1, 0.15) is 13.8 Å². The molecule has 0 fully saturated rings. The van der Waals surface area contributed by atoms with E-state index in [0.29, 0.717) is 0 Å². The van der Waals surface area contributed by atoms with Crippen LogP contribution in [0.2, 0.25) is 0 Å². The molecule has 2 aromatic rings. The lowest BCUT2D eigenvalue weighted by molar-refractivity contribution is -0.112. The number of anilines is 1. The first-order valence-corrected chi connectivity index (χ1v) is 5.60. The maximum Gasteiger partial charge on any atom is 0.154 e. The third-order valence-corrected chi connectivity index (χ3v) is 2.54. The minimum absolute atomic E-state index is 0.0511. The molecule has 0 unspecified atom stereocenters. The second kappa shape index (κ2) is 4.83. The topological polar surface area (TPSA) is 29.1 Å². The predicted molar refractivity (Wildman–Crippen MR) is 72.0 cm³/mol. The molecule has 0 saturated carbocycles. The van der Waals surface area contributed by atoms with Crippen molar-refractivity contribution >= 4 is 22.2 Å². The minimum atomic E-state index is 0.0511. The van der Waals surface area contributed by atoms with E-state index in [1.807, 2.05) is 31.2 Å². The molecule has 17 heavy (non-hydrogen) atoms. The predicted octanol–water partition coefficient (Wildman–Crippen LogP) is 3.74. The van der Waals surface area contributed by atoms with Crippen LogP contribution in [0.15, 0.2) is 54.2 Å². The standard InChI is InChI=1S/C15H15NO/c1-11(10-12(2)17)16-15-9-5-7-13-6-3-4-8-14(13)15/h3-10,16H,1-2H3/b11-10+. The largest absolute Gasteiger partial charge is 0.359 e. The van der Waals surface area contributed by atoms with Crippen molar-refractivity contribution in [1.82, 2.24) is 0 Å². The summed E-state index contributed by atoms with van der Waals surface area (Å²) in [6.07, 6.45) is 1.60. The van der Waals surface area contributed by atoms with Crippen molar-refractivity contribution in [2.45, 2.75) is 13.8 Å². The van der Waals surface area contributed by atoms with Gasteiger partial charge < -0.3 is 5.32 Å². The Kier molecular flexibility index (Phi) is 3.24. The van der Waals surface area contributed by atoms with Gasteiger partial charge in [0.15, 0.2) is 5.78 Å². The lowest BCUT2D eigenvalue weighted by Crippen LogP contribution is -1.98. The Balaban J connectivity index is 2.39. The van der Waals surface area contributed by atoms with Crippen molar-refractivity contribution in [1.29, 1.82) is 0 Å². The summed E-state index contributed by atoms with van der Waals surface area (Å²) in [5.41, 5.74) is 1.88. The first-order chi connectivity index (χ1) is 8.16. The molecule has 2 rings (SSSR count). The quantitative estimate of drug-likeness (QED) is 0.806. The molecule has 0 aliphatic rings. The normalized spacial score (nSPS) is 11.5. The summed E-state index contributed by atoms with van der Waals surface area (Å²) in [6.45, 7) is 3.44. The molecule has 2 nitrogen and oxygen atoms in total. The summed E-state index contributed by atoms with van der Waals surface area (Å²) in [7, 11) is 0. The summed E-state index contributed by atoms with van der Waals surface area (Å²) in [5.74, 6) is 0.0511. The molecule has 0 aliphatic heterocycles. The molecule has 0 bridgehead atoms. The van der Waals surface area contributed by atoms with Crippen molar-refractivity contribution in [3.05, 3.63) is 54.2 Å². The van der Waals surface area contributed by atoms with Crippen molar-refractivity contribution in [3.8, 4) is 0 Å². The second-order valence-electron chi connectivity index (χ2n) is 4.09. The zero-order valence-corrected chi connectivity index (χ0v) is 10.0. The van der Waals surface area contributed by atoms with Gasteiger partial charge >= 0.3 is 0 Å². The molecule has 0 spiro atoms. The molecule has 86 valence electrons. The van der Waals surface area contributed by atoms with Gasteiger partial charge in [-0.2, -0.15) is 0 Å². The molecule has 0 heterocycles. The number of hydrogen-bond donors (Lipinski definition) is 1. The van der Waals surface area contributed by atoms with Crippen LogP contribution < -0.4 is 5.32 Å². The molecule has 1 N–H and O–H groups in total. The van der Waals surface area contributed by atoms with E-state index in [9.17, 15) is 4.79 Å². The Labute approximate surface area is 101 Å². The van der Waals surface area contributed by atoms with Crippen LogP contribution in [-0.4, -0.2) is 5.78 Å². The Hall–Kier alpha value is -2.09. The fourth-order valence-corrected chi connectivity index (χ4v) is 1.89. The smallest absolute Gasteiger partial charge is 0.154 e. The first-order valence-electron chi connectivity index (χ1n) is 5.60. The summed E-state index contributed by atoms with van der Waals surface area (Å²) in [5, 5.41) is 5.60. The van der Waals surface area contributed by atoms with Gasteiger partial charge in [-0.05, 0) is 31.4 Å². The van der Waals surface area contributed by atoms with Crippen molar-refractivity contribution < 1.29 is 4.79 Å². The number of rotatable bonds is 3. The highest BCUT2D eigenvalue weighted by Crippen LogP contribution is 2.23. The number of nitrogens with one attached hydrogen (secondary N) is 1. The van der Waals surface area contributed by atoms with Crippen LogP contribution in [-0.2, 0) is 4.79 Å². The monoisotopic (exact) mass is 225 g/mol. The van der Waals surface area contributed by atoms with Crippen LogP contribution in [0, 0.1) is 0 Å². The summed E-state index contributed by atoms with van der Waals surface area (Å²) in [4.78, 5) is 11.0. The number of carbonyl (C=O) groups is 1. The maximum absolute atomic E-state index is 11.0. The highest BCUT2D eigenvalue weighted by Gasteiger charge is 2.00. The molecule has 0 amide bonds. The number of ketones is 1. The number of hydrogen-bond acceptors (Lipinski definition) is 2. The molecule has 0 atom stereocenters. The minimum Gasteiger partial charge on any atom is -0.359 e. The Morgan fingerprint density at radius 2 is 1.76 bits per heavy atom. The molecule has 0 aliphatic carbocycles. The molecule has 0 saturated heterocycles. The second-order valence-corrected chi connectivity index (χ2v) is 4.09. The average molecular weight is 225 g/mol. The molecular formula is C15H15NO. The molecule has 2 heteroatoms. The first kappa shape index (κ1) is 11.4. The Morgan fingerprint density at radius 3 is 2.53 bits per heavy atom. The van der Waals surface area contributed by atoms with E-state index in [4.69, 9.17) is 0 Å². The van der Waals surface area contributed by atoms with Crippen molar-refractivity contribution in [2.75, 3.05) is 5.32 Å². The number of carbonyl (C=O) groups excluding carboxylic acids is 1. The van der Waals surface area contributed by atoms with Gasteiger partial charge in [-0.25, -0.2) is 0 Å². The summed E-state index contributed by atoms with van der Waals surface area (Å²) in [6, 6.07) is 14.3. The van der Waals surface area contributed by atoms with E-state index in [-0.39, 0.29) is 5.78 Å². The number of benzene rings is 2. The SMILES string of the molecule is CC(=O)/C=C(\C)Nc1cccc2ccccc12. The van der Waals surface area contributed by atoms with Gasteiger partial charge in [0.05, 0.1) is 0 Å². The zero-order chi connectivity index (χ0) is 12.3. The van der Waals surface area contributed by atoms with E-state index in [1.165, 1.54) is 5.39 Å². The average Bonchev–Trinajstić information content (AvgIpc) is 2.28. The van der Waals surface area contributed by atoms with Crippen LogP contribution in [0.3, 0.4) is 0 Å². The van der Waals surface area contributed by atoms with Gasteiger partial charge in [0.2, 0.25) is 0 Å². The maximum atomic E-state index is 11.0. The highest BCUT2D eigenvalue weighted by molar-refractivity contribution is 5.95. The van der Waals surface area contributed by atoms with Gasteiger partial charge in [0.1, 0.15) is 0 Å². The summed E-state index contributed by atoms with van der Waals surface area (Å²) < 4.78 is 0. The Morgan fingerprint density at radius 1 is 1.06 bits per heavy atom. The van der Waals surface area contributed by atoms with Gasteiger partial charge in [0.25, 0.3) is 0 Å². The van der Waals surface area contributed by atoms with Gasteiger partial charge in [-0.15, -0.1) is 0 Å². The lowest BCUT2D eigenvalue weighted by Gasteiger charge is -2.09. The van der Waals surface area contributed by atoms with Crippen LogP contribution >= 0.6 is 0 Å². The van der Waals surface area contributed by atoms with Crippen molar-refractivity contribution in [3.63, 3.8) is 0 Å². The van der Waals surface area contributed by atoms with Crippen LogP contribution in [0.25, 0.3) is 10.8 Å². The van der Waals surface area contributed by atoms with Gasteiger partial charge in [-0.3, -0.25) is 4.79 Å².